The van der Waals surface area contributed by atoms with Crippen LogP contribution in [-0.4, -0.2) is 93.6 Å². The maximum atomic E-state index is 2.80. The molecule has 0 aromatic carbocycles. The zero-order chi connectivity index (χ0) is 21.4. The molecule has 0 bridgehead atoms. The van der Waals surface area contributed by atoms with Crippen molar-refractivity contribution < 1.29 is 0 Å². The van der Waals surface area contributed by atoms with Crippen molar-refractivity contribution in [1.82, 2.24) is 19.6 Å². The summed E-state index contributed by atoms with van der Waals surface area (Å²) in [5.41, 5.74) is 0.227. The Bertz CT molecular complexity index is 477. The summed E-state index contributed by atoms with van der Waals surface area (Å²) < 4.78 is 0. The Kier molecular flexibility index (Phi) is 8.03. The smallest absolute Gasteiger partial charge is 0.0226 e. The quantitative estimate of drug-likeness (QED) is 0.671. The van der Waals surface area contributed by atoms with E-state index in [1.54, 1.807) is 0 Å². The molecule has 1 unspecified atom stereocenters. The molecule has 0 amide bonds. The normalized spacial score (nSPS) is 33.8. The number of hydrogen-bond acceptors (Lipinski definition) is 4. The molecule has 0 N–H and O–H groups in total. The molecule has 0 saturated carbocycles. The van der Waals surface area contributed by atoms with Crippen LogP contribution in [0.15, 0.2) is 0 Å². The molecular weight excluding hydrogens is 344 g/mol. The van der Waals surface area contributed by atoms with E-state index in [4.69, 9.17) is 0 Å². The lowest BCUT2D eigenvalue weighted by atomic mass is 9.87. The summed E-state index contributed by atoms with van der Waals surface area (Å²) in [6.07, 6.45) is 1.24. The van der Waals surface area contributed by atoms with Crippen LogP contribution in [0.1, 0.15) is 82.6 Å². The molecule has 4 nitrogen and oxygen atoms in total. The number of piperazine rings is 2. The Morgan fingerprint density at radius 3 is 1.79 bits per heavy atom. The predicted molar refractivity (Wildman–Crippen MR) is 123 cm³/mol. The molecule has 2 heterocycles. The van der Waals surface area contributed by atoms with E-state index in [0.717, 1.165) is 0 Å². The standard InChI is InChI=1S/C24H50N4/c1-17(2)25-15-20(6)28(21(7)16-25)19(5)14-24(10,11)27-13-12-26(18(3)4)22(8)23(27)9/h17-23H,12-16H2,1-11H3/t19?,20-,21+,22-,23+/m0/s1. The van der Waals surface area contributed by atoms with Crippen molar-refractivity contribution in [3.63, 3.8) is 0 Å². The lowest BCUT2D eigenvalue weighted by Crippen LogP contribution is -2.66. The summed E-state index contributed by atoms with van der Waals surface area (Å²) in [5, 5.41) is 0. The first-order chi connectivity index (χ1) is 12.9. The highest BCUT2D eigenvalue weighted by Gasteiger charge is 2.41. The van der Waals surface area contributed by atoms with Gasteiger partial charge in [-0.1, -0.05) is 0 Å². The molecule has 0 radical (unpaired) electrons. The van der Waals surface area contributed by atoms with Gasteiger partial charge in [-0.25, -0.2) is 0 Å². The fraction of sp³-hybridized carbons (Fsp3) is 1.00. The number of rotatable bonds is 6. The Morgan fingerprint density at radius 1 is 0.786 bits per heavy atom. The fourth-order valence-electron chi connectivity index (χ4n) is 6.36. The van der Waals surface area contributed by atoms with E-state index in [-0.39, 0.29) is 5.54 Å². The highest BCUT2D eigenvalue weighted by molar-refractivity contribution is 4.98. The van der Waals surface area contributed by atoms with Gasteiger partial charge in [-0.3, -0.25) is 19.6 Å². The summed E-state index contributed by atoms with van der Waals surface area (Å²) in [6.45, 7) is 31.3. The Hall–Kier alpha value is -0.160. The van der Waals surface area contributed by atoms with Crippen LogP contribution in [0, 0.1) is 0 Å². The largest absolute Gasteiger partial charge is 0.298 e. The van der Waals surface area contributed by atoms with Crippen LogP contribution in [-0.2, 0) is 0 Å². The predicted octanol–water partition coefficient (Wildman–Crippen LogP) is 4.15. The lowest BCUT2D eigenvalue weighted by Gasteiger charge is -2.55. The molecule has 2 aliphatic rings. The molecule has 28 heavy (non-hydrogen) atoms. The van der Waals surface area contributed by atoms with E-state index in [1.807, 2.05) is 0 Å². The highest BCUT2D eigenvalue weighted by Crippen LogP contribution is 2.32. The monoisotopic (exact) mass is 394 g/mol. The van der Waals surface area contributed by atoms with Crippen LogP contribution in [0.3, 0.4) is 0 Å². The zero-order valence-electron chi connectivity index (χ0n) is 20.9. The molecule has 0 aliphatic carbocycles. The van der Waals surface area contributed by atoms with Gasteiger partial charge in [0.25, 0.3) is 0 Å². The molecular formula is C24H50N4. The third-order valence-corrected chi connectivity index (χ3v) is 7.80. The van der Waals surface area contributed by atoms with Gasteiger partial charge in [0.2, 0.25) is 0 Å². The van der Waals surface area contributed by atoms with Crippen molar-refractivity contribution in [3.8, 4) is 0 Å². The summed E-state index contributed by atoms with van der Waals surface area (Å²) >= 11 is 0. The third kappa shape index (κ3) is 5.11. The molecule has 0 spiro atoms. The van der Waals surface area contributed by atoms with E-state index < -0.39 is 0 Å². The SMILES string of the molecule is CC(C)N1C[C@@H](C)N(C(C)CC(C)(C)N2CCN(C(C)C)[C@@H](C)[C@H]2C)[C@@H](C)C1. The summed E-state index contributed by atoms with van der Waals surface area (Å²) in [4.78, 5) is 10.9. The lowest BCUT2D eigenvalue weighted by molar-refractivity contribution is -0.0585. The molecule has 0 aromatic rings. The van der Waals surface area contributed by atoms with Crippen molar-refractivity contribution >= 4 is 0 Å². The van der Waals surface area contributed by atoms with Crippen molar-refractivity contribution in [2.24, 2.45) is 0 Å². The topological polar surface area (TPSA) is 13.0 Å². The summed E-state index contributed by atoms with van der Waals surface area (Å²) in [7, 11) is 0. The number of hydrogen-bond donors (Lipinski definition) is 0. The van der Waals surface area contributed by atoms with Crippen LogP contribution in [0.25, 0.3) is 0 Å². The van der Waals surface area contributed by atoms with E-state index in [0.29, 0.717) is 42.3 Å². The van der Waals surface area contributed by atoms with Crippen LogP contribution in [0.5, 0.6) is 0 Å². The van der Waals surface area contributed by atoms with Gasteiger partial charge in [0.1, 0.15) is 0 Å². The van der Waals surface area contributed by atoms with Gasteiger partial charge in [0.15, 0.2) is 0 Å². The number of nitrogens with zero attached hydrogens (tertiary/aromatic N) is 4. The van der Waals surface area contributed by atoms with Gasteiger partial charge in [-0.05, 0) is 82.6 Å². The minimum Gasteiger partial charge on any atom is -0.298 e. The highest BCUT2D eigenvalue weighted by atomic mass is 15.4. The van der Waals surface area contributed by atoms with E-state index >= 15 is 0 Å². The Morgan fingerprint density at radius 2 is 1.32 bits per heavy atom. The Balaban J connectivity index is 2.05. The summed E-state index contributed by atoms with van der Waals surface area (Å²) in [5.74, 6) is 0. The van der Waals surface area contributed by atoms with Crippen molar-refractivity contribution in [3.05, 3.63) is 0 Å². The van der Waals surface area contributed by atoms with Gasteiger partial charge in [-0.2, -0.15) is 0 Å². The first-order valence-electron chi connectivity index (χ1n) is 11.9. The van der Waals surface area contributed by atoms with Crippen LogP contribution in [0.2, 0.25) is 0 Å². The van der Waals surface area contributed by atoms with Crippen LogP contribution in [0.4, 0.5) is 0 Å². The first kappa shape index (κ1) is 24.1. The Labute approximate surface area is 176 Å². The van der Waals surface area contributed by atoms with Gasteiger partial charge in [0, 0.05) is 74.0 Å². The van der Waals surface area contributed by atoms with Crippen molar-refractivity contribution in [2.75, 3.05) is 26.2 Å². The molecule has 0 aromatic heterocycles. The molecule has 2 aliphatic heterocycles. The van der Waals surface area contributed by atoms with Crippen LogP contribution >= 0.6 is 0 Å². The van der Waals surface area contributed by atoms with E-state index in [9.17, 15) is 0 Å². The maximum absolute atomic E-state index is 2.80. The average molecular weight is 395 g/mol. The van der Waals surface area contributed by atoms with E-state index in [2.05, 4.69) is 95.8 Å². The van der Waals surface area contributed by atoms with Gasteiger partial charge in [-0.15, -0.1) is 0 Å². The zero-order valence-corrected chi connectivity index (χ0v) is 20.9. The molecule has 5 atom stereocenters. The minimum absolute atomic E-state index is 0.227. The van der Waals surface area contributed by atoms with Gasteiger partial charge in [0.05, 0.1) is 0 Å². The molecule has 166 valence electrons. The van der Waals surface area contributed by atoms with Gasteiger partial charge < -0.3 is 0 Å². The third-order valence-electron chi connectivity index (χ3n) is 7.80. The average Bonchev–Trinajstić information content (AvgIpc) is 2.55. The van der Waals surface area contributed by atoms with Gasteiger partial charge >= 0.3 is 0 Å². The van der Waals surface area contributed by atoms with Crippen LogP contribution < -0.4 is 0 Å². The molecule has 2 saturated heterocycles. The second-order valence-corrected chi connectivity index (χ2v) is 11.1. The van der Waals surface area contributed by atoms with E-state index in [1.165, 1.54) is 32.6 Å². The maximum Gasteiger partial charge on any atom is 0.0226 e. The second kappa shape index (κ2) is 9.32. The minimum atomic E-state index is 0.227. The second-order valence-electron chi connectivity index (χ2n) is 11.1. The fourth-order valence-corrected chi connectivity index (χ4v) is 6.36. The molecule has 2 rings (SSSR count). The van der Waals surface area contributed by atoms with Crippen molar-refractivity contribution in [1.29, 1.82) is 0 Å². The first-order valence-corrected chi connectivity index (χ1v) is 11.9. The molecule has 4 heteroatoms. The molecule has 2 fully saturated rings. The van der Waals surface area contributed by atoms with Crippen molar-refractivity contribution in [2.45, 2.75) is 130 Å². The summed E-state index contributed by atoms with van der Waals surface area (Å²) in [6, 6.07) is 4.39.